The SMILES string of the molecule is Cn1c2c(c(=O)n(C)c1=O)CCC(CCCCC(=O)O)C=N2. The molecule has 0 amide bonds. The Morgan fingerprint density at radius 2 is 2.05 bits per heavy atom. The summed E-state index contributed by atoms with van der Waals surface area (Å²) < 4.78 is 2.52. The van der Waals surface area contributed by atoms with Crippen LogP contribution in [-0.4, -0.2) is 26.4 Å². The van der Waals surface area contributed by atoms with E-state index >= 15 is 0 Å². The zero-order valence-corrected chi connectivity index (χ0v) is 12.9. The number of hydrogen-bond acceptors (Lipinski definition) is 4. The van der Waals surface area contributed by atoms with Crippen molar-refractivity contribution in [3.63, 3.8) is 0 Å². The molecule has 7 nitrogen and oxygen atoms in total. The molecule has 1 aliphatic heterocycles. The summed E-state index contributed by atoms with van der Waals surface area (Å²) in [4.78, 5) is 39.0. The van der Waals surface area contributed by atoms with Gasteiger partial charge in [0.1, 0.15) is 5.82 Å². The Balaban J connectivity index is 2.13. The van der Waals surface area contributed by atoms with E-state index in [9.17, 15) is 14.4 Å². The van der Waals surface area contributed by atoms with Crippen molar-refractivity contribution in [2.75, 3.05) is 0 Å². The fraction of sp³-hybridized carbons (Fsp3) is 0.600. The molecule has 22 heavy (non-hydrogen) atoms. The monoisotopic (exact) mass is 307 g/mol. The Morgan fingerprint density at radius 1 is 1.32 bits per heavy atom. The lowest BCUT2D eigenvalue weighted by atomic mass is 9.96. The van der Waals surface area contributed by atoms with Gasteiger partial charge in [0, 0.05) is 26.7 Å². The van der Waals surface area contributed by atoms with Gasteiger partial charge in [-0.15, -0.1) is 0 Å². The highest BCUT2D eigenvalue weighted by Crippen LogP contribution is 2.23. The van der Waals surface area contributed by atoms with E-state index in [1.807, 2.05) is 0 Å². The van der Waals surface area contributed by atoms with Crippen LogP contribution in [0, 0.1) is 5.92 Å². The first-order valence-electron chi connectivity index (χ1n) is 7.46. The Labute approximate surface area is 127 Å². The van der Waals surface area contributed by atoms with Crippen LogP contribution in [0.3, 0.4) is 0 Å². The lowest BCUT2D eigenvalue weighted by Crippen LogP contribution is -2.38. The van der Waals surface area contributed by atoms with Crippen molar-refractivity contribution in [3.05, 3.63) is 26.4 Å². The molecule has 1 aromatic heterocycles. The quantitative estimate of drug-likeness (QED) is 0.821. The number of rotatable bonds is 5. The van der Waals surface area contributed by atoms with Gasteiger partial charge in [0.05, 0.1) is 5.56 Å². The largest absolute Gasteiger partial charge is 0.481 e. The molecule has 0 aromatic carbocycles. The standard InChI is InChI=1S/C15H21N3O4/c1-17-13-11(14(21)18(2)15(17)22)8-7-10(9-16-13)5-3-4-6-12(19)20/h9-10H,3-8H2,1-2H3,(H,19,20). The van der Waals surface area contributed by atoms with E-state index in [0.717, 1.165) is 23.8 Å². The van der Waals surface area contributed by atoms with Crippen LogP contribution in [-0.2, 0) is 25.3 Å². The van der Waals surface area contributed by atoms with Gasteiger partial charge >= 0.3 is 11.7 Å². The van der Waals surface area contributed by atoms with Gasteiger partial charge in [0.25, 0.3) is 5.56 Å². The normalized spacial score (nSPS) is 17.1. The summed E-state index contributed by atoms with van der Waals surface area (Å²) in [5.74, 6) is -0.123. The third-order valence-electron chi connectivity index (χ3n) is 4.11. The molecule has 0 saturated carbocycles. The molecule has 1 aromatic rings. The molecular formula is C15H21N3O4. The maximum atomic E-state index is 12.2. The fourth-order valence-corrected chi connectivity index (χ4v) is 2.77. The molecule has 1 atom stereocenters. The minimum absolute atomic E-state index is 0.180. The van der Waals surface area contributed by atoms with E-state index < -0.39 is 5.97 Å². The molecule has 7 heteroatoms. The van der Waals surface area contributed by atoms with Crippen LogP contribution in [0.15, 0.2) is 14.6 Å². The summed E-state index contributed by atoms with van der Waals surface area (Å²) in [5.41, 5.74) is -0.0727. The van der Waals surface area contributed by atoms with Gasteiger partial charge in [-0.25, -0.2) is 9.79 Å². The third-order valence-corrected chi connectivity index (χ3v) is 4.11. The summed E-state index contributed by atoms with van der Waals surface area (Å²) in [6.45, 7) is 0. The Morgan fingerprint density at radius 3 is 2.73 bits per heavy atom. The summed E-state index contributed by atoms with van der Waals surface area (Å²) in [6.07, 6.45) is 5.66. The molecule has 1 aliphatic rings. The van der Waals surface area contributed by atoms with Crippen LogP contribution in [0.2, 0.25) is 0 Å². The van der Waals surface area contributed by atoms with E-state index in [2.05, 4.69) is 4.99 Å². The number of carbonyl (C=O) groups is 1. The molecule has 2 heterocycles. The highest BCUT2D eigenvalue weighted by molar-refractivity contribution is 5.67. The van der Waals surface area contributed by atoms with Gasteiger partial charge in [-0.2, -0.15) is 0 Å². The van der Waals surface area contributed by atoms with Crippen molar-refractivity contribution in [1.29, 1.82) is 0 Å². The zero-order valence-electron chi connectivity index (χ0n) is 12.9. The summed E-state index contributed by atoms with van der Waals surface area (Å²) in [5, 5.41) is 8.63. The van der Waals surface area contributed by atoms with Crippen LogP contribution >= 0.6 is 0 Å². The highest BCUT2D eigenvalue weighted by atomic mass is 16.4. The number of aliphatic carboxylic acids is 1. The van der Waals surface area contributed by atoms with Gasteiger partial charge in [0.2, 0.25) is 0 Å². The van der Waals surface area contributed by atoms with Crippen LogP contribution in [0.5, 0.6) is 0 Å². The molecule has 0 spiro atoms. The molecule has 0 bridgehead atoms. The molecule has 1 unspecified atom stereocenters. The number of carboxylic acids is 1. The fourth-order valence-electron chi connectivity index (χ4n) is 2.77. The number of unbranched alkanes of at least 4 members (excludes halogenated alkanes) is 1. The van der Waals surface area contributed by atoms with Crippen molar-refractivity contribution in [2.24, 2.45) is 25.0 Å². The minimum Gasteiger partial charge on any atom is -0.481 e. The van der Waals surface area contributed by atoms with Gasteiger partial charge in [-0.05, 0) is 31.6 Å². The van der Waals surface area contributed by atoms with Crippen molar-refractivity contribution < 1.29 is 9.90 Å². The van der Waals surface area contributed by atoms with Gasteiger partial charge in [0.15, 0.2) is 0 Å². The molecule has 0 aliphatic carbocycles. The molecule has 2 rings (SSSR count). The third kappa shape index (κ3) is 3.35. The predicted octanol–water partition coefficient (Wildman–Crippen LogP) is 0.994. The van der Waals surface area contributed by atoms with Gasteiger partial charge < -0.3 is 5.11 Å². The first-order valence-corrected chi connectivity index (χ1v) is 7.46. The molecule has 0 radical (unpaired) electrons. The lowest BCUT2D eigenvalue weighted by molar-refractivity contribution is -0.137. The Bertz CT molecular complexity index is 715. The molecule has 1 N–H and O–H groups in total. The van der Waals surface area contributed by atoms with Crippen molar-refractivity contribution in [1.82, 2.24) is 9.13 Å². The van der Waals surface area contributed by atoms with Crippen LogP contribution < -0.4 is 11.2 Å². The number of fused-ring (bicyclic) bond motifs is 1. The second-order valence-electron chi connectivity index (χ2n) is 5.72. The number of carboxylic acid groups (broad SMARTS) is 1. The summed E-state index contributed by atoms with van der Waals surface area (Å²) in [7, 11) is 3.09. The Kier molecular flexibility index (Phi) is 4.95. The maximum absolute atomic E-state index is 12.2. The smallest absolute Gasteiger partial charge is 0.332 e. The lowest BCUT2D eigenvalue weighted by Gasteiger charge is -2.10. The van der Waals surface area contributed by atoms with Crippen molar-refractivity contribution in [3.8, 4) is 0 Å². The molecule has 0 fully saturated rings. The van der Waals surface area contributed by atoms with Crippen LogP contribution in [0.25, 0.3) is 0 Å². The summed E-state index contributed by atoms with van der Waals surface area (Å²) in [6, 6.07) is 0. The average Bonchev–Trinajstić information content (AvgIpc) is 2.70. The minimum atomic E-state index is -0.777. The van der Waals surface area contributed by atoms with E-state index in [1.54, 1.807) is 13.3 Å². The number of aromatic nitrogens is 2. The highest BCUT2D eigenvalue weighted by Gasteiger charge is 2.19. The van der Waals surface area contributed by atoms with Crippen molar-refractivity contribution >= 4 is 18.0 Å². The van der Waals surface area contributed by atoms with Gasteiger partial charge in [-0.3, -0.25) is 18.7 Å². The van der Waals surface area contributed by atoms with E-state index in [4.69, 9.17) is 5.11 Å². The first kappa shape index (κ1) is 16.2. The average molecular weight is 307 g/mol. The van der Waals surface area contributed by atoms with Crippen LogP contribution in [0.4, 0.5) is 5.82 Å². The molecular weight excluding hydrogens is 286 g/mol. The first-order chi connectivity index (χ1) is 10.4. The summed E-state index contributed by atoms with van der Waals surface area (Å²) >= 11 is 0. The zero-order chi connectivity index (χ0) is 16.3. The van der Waals surface area contributed by atoms with Gasteiger partial charge in [-0.1, -0.05) is 6.42 Å². The number of hydrogen-bond donors (Lipinski definition) is 1. The molecule has 120 valence electrons. The molecule has 0 saturated heterocycles. The second kappa shape index (κ2) is 6.72. The van der Waals surface area contributed by atoms with Crippen molar-refractivity contribution in [2.45, 2.75) is 38.5 Å². The Hall–Kier alpha value is -2.18. The number of nitrogens with zero attached hydrogens (tertiary/aromatic N) is 3. The number of aliphatic imine (C=N–C) groups is 1. The second-order valence-corrected chi connectivity index (χ2v) is 5.72. The topological polar surface area (TPSA) is 93.7 Å². The van der Waals surface area contributed by atoms with Crippen LogP contribution in [0.1, 0.15) is 37.7 Å². The van der Waals surface area contributed by atoms with E-state index in [-0.39, 0.29) is 23.6 Å². The van der Waals surface area contributed by atoms with E-state index in [0.29, 0.717) is 24.2 Å². The maximum Gasteiger partial charge on any atom is 0.332 e. The predicted molar refractivity (Wildman–Crippen MR) is 83.0 cm³/mol. The van der Waals surface area contributed by atoms with E-state index in [1.165, 1.54) is 11.6 Å².